The van der Waals surface area contributed by atoms with Crippen LogP contribution in [0.3, 0.4) is 0 Å². The fourth-order valence-electron chi connectivity index (χ4n) is 3.05. The smallest absolute Gasteiger partial charge is 0.347 e. The van der Waals surface area contributed by atoms with Gasteiger partial charge < -0.3 is 20.1 Å². The molecule has 9 nitrogen and oxygen atoms in total. The molecule has 1 fully saturated rings. The summed E-state index contributed by atoms with van der Waals surface area (Å²) in [6.07, 6.45) is 0.289. The van der Waals surface area contributed by atoms with E-state index in [1.54, 1.807) is 31.2 Å². The van der Waals surface area contributed by atoms with Gasteiger partial charge in [0.25, 0.3) is 5.91 Å². The van der Waals surface area contributed by atoms with E-state index >= 15 is 0 Å². The summed E-state index contributed by atoms with van der Waals surface area (Å²) in [5.41, 5.74) is -0.578. The Morgan fingerprint density at radius 1 is 1.25 bits per heavy atom. The molecule has 1 atom stereocenters. The number of sulfone groups is 1. The number of para-hydroxylation sites is 1. The van der Waals surface area contributed by atoms with Crippen molar-refractivity contribution in [1.29, 1.82) is 0 Å². The number of carbonyl (C=O) groups is 3. The maximum atomic E-state index is 12.3. The first-order valence-corrected chi connectivity index (χ1v) is 10.4. The van der Waals surface area contributed by atoms with Gasteiger partial charge in [-0.15, -0.1) is 0 Å². The van der Waals surface area contributed by atoms with Crippen molar-refractivity contribution in [3.63, 3.8) is 0 Å². The largest absolute Gasteiger partial charge is 0.470 e. The number of esters is 1. The molecule has 2 N–H and O–H groups in total. The summed E-state index contributed by atoms with van der Waals surface area (Å²) >= 11 is 0. The molecule has 28 heavy (non-hydrogen) atoms. The standard InChI is InChI=1S/C18H20N2O7S/c1-18(7-8-28(24,25)11-18)20-14(22)10-27-17(23)15-13(21)9-26-16(15)19-12-5-3-2-4-6-12/h2-6,19H,7-11H2,1H3,(H,20,22)/t18-/m0/s1. The van der Waals surface area contributed by atoms with Crippen LogP contribution in [0.5, 0.6) is 0 Å². The van der Waals surface area contributed by atoms with Crippen molar-refractivity contribution in [2.75, 3.05) is 30.0 Å². The lowest BCUT2D eigenvalue weighted by molar-refractivity contribution is -0.146. The zero-order valence-corrected chi connectivity index (χ0v) is 16.0. The van der Waals surface area contributed by atoms with Gasteiger partial charge in [-0.3, -0.25) is 9.59 Å². The van der Waals surface area contributed by atoms with E-state index in [1.807, 2.05) is 6.07 Å². The van der Waals surface area contributed by atoms with E-state index in [-0.39, 0.29) is 36.0 Å². The fraction of sp³-hybridized carbons (Fsp3) is 0.389. The molecule has 0 spiro atoms. The van der Waals surface area contributed by atoms with E-state index in [1.165, 1.54) is 0 Å². The molecule has 1 aromatic carbocycles. The Labute approximate surface area is 162 Å². The van der Waals surface area contributed by atoms with Gasteiger partial charge in [-0.25, -0.2) is 13.2 Å². The Bertz CT molecular complexity index is 940. The fourth-order valence-corrected chi connectivity index (χ4v) is 5.14. The molecule has 2 heterocycles. The third kappa shape index (κ3) is 4.69. The van der Waals surface area contributed by atoms with Crippen molar-refractivity contribution in [3.05, 3.63) is 41.8 Å². The zero-order chi connectivity index (χ0) is 20.4. The maximum absolute atomic E-state index is 12.3. The maximum Gasteiger partial charge on any atom is 0.347 e. The number of carbonyl (C=O) groups excluding carboxylic acids is 3. The van der Waals surface area contributed by atoms with Gasteiger partial charge >= 0.3 is 5.97 Å². The summed E-state index contributed by atoms with van der Waals surface area (Å²) in [4.78, 5) is 36.3. The molecule has 1 saturated heterocycles. The Morgan fingerprint density at radius 3 is 2.61 bits per heavy atom. The van der Waals surface area contributed by atoms with Crippen LogP contribution < -0.4 is 10.6 Å². The van der Waals surface area contributed by atoms with E-state index in [4.69, 9.17) is 9.47 Å². The molecule has 0 radical (unpaired) electrons. The monoisotopic (exact) mass is 408 g/mol. The summed E-state index contributed by atoms with van der Waals surface area (Å²) in [7, 11) is -3.19. The van der Waals surface area contributed by atoms with Gasteiger partial charge in [0.05, 0.1) is 17.0 Å². The molecule has 1 amide bonds. The SMILES string of the molecule is C[C@]1(NC(=O)COC(=O)C2=C(Nc3ccccc3)OCC2=O)CCS(=O)(=O)C1. The second kappa shape index (κ2) is 7.63. The van der Waals surface area contributed by atoms with Gasteiger partial charge in [0.15, 0.2) is 28.6 Å². The molecular weight excluding hydrogens is 388 g/mol. The number of amides is 1. The van der Waals surface area contributed by atoms with Gasteiger partial charge in [-0.05, 0) is 25.5 Å². The minimum atomic E-state index is -3.19. The first-order valence-electron chi connectivity index (χ1n) is 8.58. The highest BCUT2D eigenvalue weighted by atomic mass is 32.2. The Morgan fingerprint density at radius 2 is 1.96 bits per heavy atom. The average Bonchev–Trinajstić information content (AvgIpc) is 3.12. The first-order chi connectivity index (χ1) is 13.2. The van der Waals surface area contributed by atoms with Crippen molar-refractivity contribution in [2.24, 2.45) is 0 Å². The second-order valence-electron chi connectivity index (χ2n) is 6.93. The van der Waals surface area contributed by atoms with Crippen LogP contribution in [0.4, 0.5) is 5.69 Å². The van der Waals surface area contributed by atoms with Gasteiger partial charge in [-0.2, -0.15) is 0 Å². The highest BCUT2D eigenvalue weighted by Crippen LogP contribution is 2.23. The van der Waals surface area contributed by atoms with Crippen LogP contribution in [-0.4, -0.2) is 56.3 Å². The number of benzene rings is 1. The molecule has 0 bridgehead atoms. The number of hydrogen-bond acceptors (Lipinski definition) is 8. The quantitative estimate of drug-likeness (QED) is 0.503. The molecule has 0 aromatic heterocycles. The number of rotatable bonds is 6. The van der Waals surface area contributed by atoms with E-state index in [9.17, 15) is 22.8 Å². The molecule has 2 aliphatic rings. The third-order valence-corrected chi connectivity index (χ3v) is 6.27. The van der Waals surface area contributed by atoms with Gasteiger partial charge in [0, 0.05) is 5.69 Å². The van der Waals surface area contributed by atoms with Crippen molar-refractivity contribution in [1.82, 2.24) is 5.32 Å². The Balaban J connectivity index is 1.60. The van der Waals surface area contributed by atoms with E-state index in [2.05, 4.69) is 10.6 Å². The summed E-state index contributed by atoms with van der Waals surface area (Å²) in [5, 5.41) is 5.41. The van der Waals surface area contributed by atoms with Crippen LogP contribution in [0.25, 0.3) is 0 Å². The van der Waals surface area contributed by atoms with Gasteiger partial charge in [0.1, 0.15) is 0 Å². The minimum Gasteiger partial charge on any atom is -0.470 e. The van der Waals surface area contributed by atoms with Crippen molar-refractivity contribution < 1.29 is 32.3 Å². The van der Waals surface area contributed by atoms with E-state index in [0.29, 0.717) is 5.69 Å². The van der Waals surface area contributed by atoms with Crippen molar-refractivity contribution >= 4 is 33.2 Å². The van der Waals surface area contributed by atoms with Crippen molar-refractivity contribution in [2.45, 2.75) is 18.9 Å². The lowest BCUT2D eigenvalue weighted by Gasteiger charge is -2.23. The first kappa shape index (κ1) is 19.9. The summed E-state index contributed by atoms with van der Waals surface area (Å²) in [5.74, 6) is -2.38. The number of Topliss-reactive ketones (excluding diaryl/α,β-unsaturated/α-hetero) is 1. The number of ketones is 1. The molecular formula is C18H20N2O7S. The van der Waals surface area contributed by atoms with Crippen LogP contribution in [0.15, 0.2) is 41.8 Å². The van der Waals surface area contributed by atoms with E-state index < -0.39 is 39.6 Å². The molecule has 1 aromatic rings. The minimum absolute atomic E-state index is 0.00316. The van der Waals surface area contributed by atoms with Crippen molar-refractivity contribution in [3.8, 4) is 0 Å². The highest BCUT2D eigenvalue weighted by Gasteiger charge is 2.40. The van der Waals surface area contributed by atoms with Crippen LogP contribution >= 0.6 is 0 Å². The predicted molar refractivity (Wildman–Crippen MR) is 98.8 cm³/mol. The molecule has 0 unspecified atom stereocenters. The van der Waals surface area contributed by atoms with Gasteiger partial charge in [0.2, 0.25) is 11.7 Å². The number of hydrogen-bond donors (Lipinski definition) is 2. The molecule has 3 rings (SSSR count). The highest BCUT2D eigenvalue weighted by molar-refractivity contribution is 7.91. The number of nitrogens with one attached hydrogen (secondary N) is 2. The summed E-state index contributed by atoms with van der Waals surface area (Å²) in [6, 6.07) is 8.81. The second-order valence-corrected chi connectivity index (χ2v) is 9.12. The topological polar surface area (TPSA) is 128 Å². The van der Waals surface area contributed by atoms with Crippen LogP contribution in [0, 0.1) is 0 Å². The molecule has 2 aliphatic heterocycles. The summed E-state index contributed by atoms with van der Waals surface area (Å²) < 4.78 is 33.3. The van der Waals surface area contributed by atoms with Crippen LogP contribution in [0.2, 0.25) is 0 Å². The average molecular weight is 408 g/mol. The predicted octanol–water partition coefficient (Wildman–Crippen LogP) is 0.146. The number of ether oxygens (including phenoxy) is 2. The zero-order valence-electron chi connectivity index (χ0n) is 15.2. The molecule has 0 saturated carbocycles. The lowest BCUT2D eigenvalue weighted by Crippen LogP contribution is -2.48. The number of anilines is 1. The third-order valence-electron chi connectivity index (χ3n) is 4.37. The summed E-state index contributed by atoms with van der Waals surface area (Å²) in [6.45, 7) is 0.682. The Kier molecular flexibility index (Phi) is 5.41. The van der Waals surface area contributed by atoms with E-state index in [0.717, 1.165) is 0 Å². The Hall–Kier alpha value is -2.88. The lowest BCUT2D eigenvalue weighted by atomic mass is 10.0. The molecule has 10 heteroatoms. The van der Waals surface area contributed by atoms with Crippen LogP contribution in [-0.2, 0) is 33.7 Å². The molecule has 0 aliphatic carbocycles. The molecule has 150 valence electrons. The normalized spacial score (nSPS) is 23.2. The van der Waals surface area contributed by atoms with Crippen LogP contribution in [0.1, 0.15) is 13.3 Å². The van der Waals surface area contributed by atoms with Gasteiger partial charge in [-0.1, -0.05) is 18.2 Å².